The Bertz CT molecular complexity index is 326. The molecule has 1 aliphatic rings. The zero-order valence-electron chi connectivity index (χ0n) is 7.96. The van der Waals surface area contributed by atoms with E-state index in [2.05, 4.69) is 15.3 Å². The van der Waals surface area contributed by atoms with Crippen LogP contribution in [0.1, 0.15) is 12.0 Å². The van der Waals surface area contributed by atoms with Gasteiger partial charge in [-0.2, -0.15) is 0 Å². The first-order chi connectivity index (χ1) is 6.75. The van der Waals surface area contributed by atoms with Crippen molar-refractivity contribution in [1.82, 2.24) is 15.3 Å². The molecule has 5 heteroatoms. The molecule has 0 aliphatic carbocycles. The first-order valence-corrected chi connectivity index (χ1v) is 5.88. The lowest BCUT2D eigenvalue weighted by molar-refractivity contribution is 0.857. The van der Waals surface area contributed by atoms with Gasteiger partial charge in [-0.3, -0.25) is 0 Å². The monoisotopic (exact) mass is 229 g/mol. The van der Waals surface area contributed by atoms with Gasteiger partial charge in [0.15, 0.2) is 5.16 Å². The molecular formula is C9H12ClN3S. The Kier molecular flexibility index (Phi) is 3.26. The average molecular weight is 230 g/mol. The van der Waals surface area contributed by atoms with Gasteiger partial charge in [-0.25, -0.2) is 9.97 Å². The molecule has 2 rings (SSSR count). The molecule has 0 saturated carbocycles. The van der Waals surface area contributed by atoms with Crippen LogP contribution in [0.2, 0.25) is 5.15 Å². The Morgan fingerprint density at radius 2 is 2.50 bits per heavy atom. The molecule has 0 amide bonds. The summed E-state index contributed by atoms with van der Waals surface area (Å²) >= 11 is 7.62. The van der Waals surface area contributed by atoms with Gasteiger partial charge in [0.1, 0.15) is 5.15 Å². The van der Waals surface area contributed by atoms with E-state index in [4.69, 9.17) is 11.6 Å². The largest absolute Gasteiger partial charge is 0.316 e. The Hall–Kier alpha value is -0.320. The molecular weight excluding hydrogens is 218 g/mol. The number of hydrogen-bond acceptors (Lipinski definition) is 4. The van der Waals surface area contributed by atoms with Gasteiger partial charge in [-0.05, 0) is 19.9 Å². The number of aryl methyl sites for hydroxylation is 1. The number of nitrogens with one attached hydrogen (secondary N) is 1. The molecule has 14 heavy (non-hydrogen) atoms. The lowest BCUT2D eigenvalue weighted by Gasteiger charge is -2.06. The molecule has 2 heterocycles. The van der Waals surface area contributed by atoms with Gasteiger partial charge in [0.25, 0.3) is 0 Å². The summed E-state index contributed by atoms with van der Waals surface area (Å²) in [6, 6.07) is 0. The van der Waals surface area contributed by atoms with Crippen LogP contribution in [-0.4, -0.2) is 28.3 Å². The smallest absolute Gasteiger partial charge is 0.189 e. The van der Waals surface area contributed by atoms with E-state index >= 15 is 0 Å². The highest BCUT2D eigenvalue weighted by atomic mass is 35.5. The molecule has 0 spiro atoms. The van der Waals surface area contributed by atoms with Gasteiger partial charge in [-0.1, -0.05) is 23.4 Å². The van der Waals surface area contributed by atoms with E-state index in [9.17, 15) is 0 Å². The minimum atomic E-state index is 0.563. The summed E-state index contributed by atoms with van der Waals surface area (Å²) < 4.78 is 0. The van der Waals surface area contributed by atoms with Crippen LogP contribution >= 0.6 is 23.4 Å². The Morgan fingerprint density at radius 3 is 3.14 bits per heavy atom. The van der Waals surface area contributed by atoms with Crippen LogP contribution < -0.4 is 5.32 Å². The van der Waals surface area contributed by atoms with Crippen LogP contribution in [0.5, 0.6) is 0 Å². The number of nitrogens with zero attached hydrogens (tertiary/aromatic N) is 2. The fraction of sp³-hybridized carbons (Fsp3) is 0.556. The quantitative estimate of drug-likeness (QED) is 0.621. The van der Waals surface area contributed by atoms with E-state index in [1.165, 1.54) is 6.42 Å². The van der Waals surface area contributed by atoms with Crippen molar-refractivity contribution in [3.05, 3.63) is 16.9 Å². The molecule has 1 fully saturated rings. The summed E-state index contributed by atoms with van der Waals surface area (Å²) in [5, 5.41) is 5.25. The molecule has 0 radical (unpaired) electrons. The molecule has 0 unspecified atom stereocenters. The van der Waals surface area contributed by atoms with Crippen molar-refractivity contribution in [1.29, 1.82) is 0 Å². The lowest BCUT2D eigenvalue weighted by Crippen LogP contribution is -2.10. The standard InChI is InChI=1S/C9H12ClN3S/c1-6-4-12-9(13-8(6)10)14-7-2-3-11-5-7/h4,7,11H,2-3,5H2,1H3/t7-/m1/s1. The van der Waals surface area contributed by atoms with Crippen molar-refractivity contribution < 1.29 is 0 Å². The maximum atomic E-state index is 5.92. The maximum absolute atomic E-state index is 5.92. The van der Waals surface area contributed by atoms with E-state index < -0.39 is 0 Å². The first kappa shape index (κ1) is 10.2. The average Bonchev–Trinajstić information content (AvgIpc) is 2.64. The minimum absolute atomic E-state index is 0.563. The topological polar surface area (TPSA) is 37.8 Å². The molecule has 1 aromatic heterocycles. The van der Waals surface area contributed by atoms with Crippen molar-refractivity contribution in [2.75, 3.05) is 13.1 Å². The molecule has 76 valence electrons. The summed E-state index contributed by atoms with van der Waals surface area (Å²) in [5.74, 6) is 0. The zero-order valence-corrected chi connectivity index (χ0v) is 9.53. The minimum Gasteiger partial charge on any atom is -0.316 e. The summed E-state index contributed by atoms with van der Waals surface area (Å²) in [6.45, 7) is 4.05. The Morgan fingerprint density at radius 1 is 1.64 bits per heavy atom. The Balaban J connectivity index is 2.05. The van der Waals surface area contributed by atoms with E-state index in [-0.39, 0.29) is 0 Å². The summed E-state index contributed by atoms with van der Waals surface area (Å²) in [6.07, 6.45) is 2.96. The zero-order chi connectivity index (χ0) is 9.97. The first-order valence-electron chi connectivity index (χ1n) is 4.62. The third kappa shape index (κ3) is 2.38. The fourth-order valence-corrected chi connectivity index (χ4v) is 2.51. The van der Waals surface area contributed by atoms with Crippen LogP contribution in [0.4, 0.5) is 0 Å². The van der Waals surface area contributed by atoms with Crippen LogP contribution in [0.25, 0.3) is 0 Å². The third-order valence-corrected chi connectivity index (χ3v) is 3.70. The third-order valence-electron chi connectivity index (χ3n) is 2.18. The normalized spacial score (nSPS) is 21.4. The highest BCUT2D eigenvalue weighted by molar-refractivity contribution is 7.99. The van der Waals surface area contributed by atoms with Crippen LogP contribution in [0, 0.1) is 6.92 Å². The van der Waals surface area contributed by atoms with Crippen molar-refractivity contribution in [2.45, 2.75) is 23.8 Å². The fourth-order valence-electron chi connectivity index (χ4n) is 1.34. The van der Waals surface area contributed by atoms with Crippen molar-refractivity contribution >= 4 is 23.4 Å². The predicted molar refractivity (Wildman–Crippen MR) is 58.9 cm³/mol. The molecule has 0 aromatic carbocycles. The van der Waals surface area contributed by atoms with Crippen molar-refractivity contribution in [3.8, 4) is 0 Å². The molecule has 1 atom stereocenters. The second kappa shape index (κ2) is 4.47. The Labute approximate surface area is 92.7 Å². The summed E-state index contributed by atoms with van der Waals surface area (Å²) in [4.78, 5) is 8.47. The van der Waals surface area contributed by atoms with Crippen LogP contribution in [0.15, 0.2) is 11.4 Å². The molecule has 1 N–H and O–H groups in total. The van der Waals surface area contributed by atoms with E-state index in [0.717, 1.165) is 23.8 Å². The second-order valence-electron chi connectivity index (χ2n) is 3.36. The van der Waals surface area contributed by atoms with Gasteiger partial charge < -0.3 is 5.32 Å². The SMILES string of the molecule is Cc1cnc(S[C@@H]2CCNC2)nc1Cl. The highest BCUT2D eigenvalue weighted by Crippen LogP contribution is 2.25. The van der Waals surface area contributed by atoms with Crippen molar-refractivity contribution in [3.63, 3.8) is 0 Å². The van der Waals surface area contributed by atoms with Gasteiger partial charge in [0, 0.05) is 23.6 Å². The number of aromatic nitrogens is 2. The predicted octanol–water partition coefficient (Wildman–Crippen LogP) is 1.89. The van der Waals surface area contributed by atoms with E-state index in [1.807, 2.05) is 6.92 Å². The highest BCUT2D eigenvalue weighted by Gasteiger charge is 2.17. The number of halogens is 1. The van der Waals surface area contributed by atoms with Gasteiger partial charge in [0.2, 0.25) is 0 Å². The van der Waals surface area contributed by atoms with E-state index in [1.54, 1.807) is 18.0 Å². The lowest BCUT2D eigenvalue weighted by atomic mass is 10.4. The van der Waals surface area contributed by atoms with Crippen LogP contribution in [-0.2, 0) is 0 Å². The van der Waals surface area contributed by atoms with Gasteiger partial charge in [-0.15, -0.1) is 0 Å². The summed E-state index contributed by atoms with van der Waals surface area (Å²) in [7, 11) is 0. The number of rotatable bonds is 2. The summed E-state index contributed by atoms with van der Waals surface area (Å²) in [5.41, 5.74) is 0.931. The van der Waals surface area contributed by atoms with Gasteiger partial charge >= 0.3 is 0 Å². The van der Waals surface area contributed by atoms with E-state index in [0.29, 0.717) is 10.4 Å². The molecule has 1 saturated heterocycles. The molecule has 1 aromatic rings. The molecule has 3 nitrogen and oxygen atoms in total. The number of hydrogen-bond donors (Lipinski definition) is 1. The molecule has 0 bridgehead atoms. The van der Waals surface area contributed by atoms with Crippen LogP contribution in [0.3, 0.4) is 0 Å². The molecule has 1 aliphatic heterocycles. The maximum Gasteiger partial charge on any atom is 0.189 e. The second-order valence-corrected chi connectivity index (χ2v) is 4.98. The number of thioether (sulfide) groups is 1. The van der Waals surface area contributed by atoms with Crippen molar-refractivity contribution in [2.24, 2.45) is 0 Å². The van der Waals surface area contributed by atoms with Gasteiger partial charge in [0.05, 0.1) is 0 Å².